The summed E-state index contributed by atoms with van der Waals surface area (Å²) >= 11 is 6.53. The summed E-state index contributed by atoms with van der Waals surface area (Å²) in [5.74, 6) is -0.0868. The van der Waals surface area contributed by atoms with E-state index >= 15 is 0 Å². The van der Waals surface area contributed by atoms with Gasteiger partial charge < -0.3 is 9.84 Å². The Morgan fingerprint density at radius 2 is 2.15 bits per heavy atom. The third kappa shape index (κ3) is 4.24. The second-order valence-corrected chi connectivity index (χ2v) is 8.30. The van der Waals surface area contributed by atoms with Crippen LogP contribution in [0.15, 0.2) is 17.0 Å². The van der Waals surface area contributed by atoms with E-state index in [4.69, 9.17) is 17.0 Å². The Hall–Kier alpha value is -2.13. The topological polar surface area (TPSA) is 92.9 Å². The summed E-state index contributed by atoms with van der Waals surface area (Å²) in [6, 6.07) is 2.66. The maximum atomic E-state index is 12.7. The molecule has 1 aromatic carbocycles. The van der Waals surface area contributed by atoms with Crippen LogP contribution in [0.25, 0.3) is 6.08 Å². The van der Waals surface area contributed by atoms with Crippen molar-refractivity contribution in [3.63, 3.8) is 0 Å². The predicted molar refractivity (Wildman–Crippen MR) is 108 cm³/mol. The van der Waals surface area contributed by atoms with Crippen molar-refractivity contribution in [3.8, 4) is 11.5 Å². The average molecular weight is 409 g/mol. The van der Waals surface area contributed by atoms with Crippen LogP contribution in [-0.4, -0.2) is 38.8 Å². The monoisotopic (exact) mass is 408 g/mol. The number of benzene rings is 1. The third-order valence-electron chi connectivity index (χ3n) is 4.90. The Morgan fingerprint density at radius 1 is 1.44 bits per heavy atom. The molecular weight excluding hydrogens is 388 g/mol. The molecule has 9 heteroatoms. The molecule has 0 unspecified atom stereocenters. The fraction of sp³-hybridized carbons (Fsp3) is 0.444. The predicted octanol–water partition coefficient (Wildman–Crippen LogP) is 4.09. The molecule has 0 atom stereocenters. The van der Waals surface area contributed by atoms with Gasteiger partial charge >= 0.3 is 5.69 Å². The van der Waals surface area contributed by atoms with Gasteiger partial charge in [-0.3, -0.25) is 19.8 Å². The number of rotatable bonds is 6. The second kappa shape index (κ2) is 8.26. The summed E-state index contributed by atoms with van der Waals surface area (Å²) in [5.41, 5.74) is -0.0787. The van der Waals surface area contributed by atoms with E-state index in [1.807, 2.05) is 0 Å². The van der Waals surface area contributed by atoms with Crippen molar-refractivity contribution in [3.05, 3.63) is 32.7 Å². The normalized spacial score (nSPS) is 19.3. The number of nitrogens with zero attached hydrogens (tertiary/aromatic N) is 2. The molecule has 0 spiro atoms. The SMILES string of the molecule is COc1cc(C=C2SC(=S)N(CCC3CCCC3)C2=O)cc([N+](=O)[O-])c1O. The molecule has 1 aliphatic carbocycles. The van der Waals surface area contributed by atoms with Crippen LogP contribution in [0.1, 0.15) is 37.7 Å². The molecule has 1 aliphatic heterocycles. The fourth-order valence-electron chi connectivity index (χ4n) is 3.45. The van der Waals surface area contributed by atoms with E-state index in [0.717, 1.165) is 6.42 Å². The molecule has 1 aromatic rings. The second-order valence-electron chi connectivity index (χ2n) is 6.62. The molecule has 0 aromatic heterocycles. The van der Waals surface area contributed by atoms with Gasteiger partial charge in [-0.15, -0.1) is 0 Å². The summed E-state index contributed by atoms with van der Waals surface area (Å²) in [6.07, 6.45) is 7.42. The van der Waals surface area contributed by atoms with E-state index in [1.165, 1.54) is 56.7 Å². The number of hydrogen-bond acceptors (Lipinski definition) is 7. The maximum absolute atomic E-state index is 12.7. The quantitative estimate of drug-likeness (QED) is 0.328. The molecule has 27 heavy (non-hydrogen) atoms. The van der Waals surface area contributed by atoms with Gasteiger partial charge in [-0.05, 0) is 30.0 Å². The smallest absolute Gasteiger partial charge is 0.315 e. The van der Waals surface area contributed by atoms with Gasteiger partial charge in [-0.1, -0.05) is 49.7 Å². The molecule has 1 amide bonds. The largest absolute Gasteiger partial charge is 0.500 e. The lowest BCUT2D eigenvalue weighted by atomic mass is 10.0. The zero-order chi connectivity index (χ0) is 19.6. The van der Waals surface area contributed by atoms with Crippen LogP contribution < -0.4 is 4.74 Å². The lowest BCUT2D eigenvalue weighted by Gasteiger charge is -2.17. The Labute approximate surface area is 166 Å². The van der Waals surface area contributed by atoms with E-state index in [-0.39, 0.29) is 11.7 Å². The van der Waals surface area contributed by atoms with Crippen molar-refractivity contribution in [2.75, 3.05) is 13.7 Å². The molecule has 144 valence electrons. The van der Waals surface area contributed by atoms with Crippen LogP contribution >= 0.6 is 24.0 Å². The van der Waals surface area contributed by atoms with Crippen LogP contribution in [0, 0.1) is 16.0 Å². The van der Waals surface area contributed by atoms with E-state index in [1.54, 1.807) is 11.0 Å². The van der Waals surface area contributed by atoms with Gasteiger partial charge in [0.05, 0.1) is 16.9 Å². The third-order valence-corrected chi connectivity index (χ3v) is 6.28. The lowest BCUT2D eigenvalue weighted by Crippen LogP contribution is -2.30. The Morgan fingerprint density at radius 3 is 2.78 bits per heavy atom. The number of phenolic OH excluding ortho intramolecular Hbond substituents is 1. The number of thiocarbonyl (C=S) groups is 1. The van der Waals surface area contributed by atoms with Gasteiger partial charge in [-0.2, -0.15) is 0 Å². The Kier molecular flexibility index (Phi) is 6.01. The molecule has 3 rings (SSSR count). The van der Waals surface area contributed by atoms with Crippen LogP contribution in [0.4, 0.5) is 5.69 Å². The van der Waals surface area contributed by atoms with E-state index in [0.29, 0.717) is 27.3 Å². The van der Waals surface area contributed by atoms with Gasteiger partial charge in [0.25, 0.3) is 5.91 Å². The van der Waals surface area contributed by atoms with Crippen LogP contribution in [0.2, 0.25) is 0 Å². The summed E-state index contributed by atoms with van der Waals surface area (Å²) in [7, 11) is 1.31. The van der Waals surface area contributed by atoms with Crippen LogP contribution in [0.3, 0.4) is 0 Å². The van der Waals surface area contributed by atoms with E-state index in [9.17, 15) is 20.0 Å². The number of ether oxygens (including phenoxy) is 1. The molecule has 1 saturated carbocycles. The molecule has 1 heterocycles. The van der Waals surface area contributed by atoms with Crippen molar-refractivity contribution in [2.24, 2.45) is 5.92 Å². The molecular formula is C18H20N2O5S2. The number of nitro groups is 1. The summed E-state index contributed by atoms with van der Waals surface area (Å²) in [4.78, 5) is 25.2. The number of carbonyl (C=O) groups is 1. The molecule has 7 nitrogen and oxygen atoms in total. The molecule has 0 bridgehead atoms. The summed E-state index contributed by atoms with van der Waals surface area (Å²) < 4.78 is 5.50. The Balaban J connectivity index is 1.80. The number of carbonyl (C=O) groups excluding carboxylic acids is 1. The van der Waals surface area contributed by atoms with Crippen molar-refractivity contribution in [1.82, 2.24) is 4.90 Å². The standard InChI is InChI=1S/C18H20N2O5S2/c1-25-14-9-12(8-13(16(14)21)20(23)24)10-15-17(22)19(18(26)27-15)7-6-11-4-2-3-5-11/h8-11,21H,2-7H2,1H3. The van der Waals surface area contributed by atoms with E-state index in [2.05, 4.69) is 0 Å². The van der Waals surface area contributed by atoms with Crippen molar-refractivity contribution in [2.45, 2.75) is 32.1 Å². The first kappa shape index (κ1) is 19.6. The van der Waals surface area contributed by atoms with Crippen molar-refractivity contribution >= 4 is 46.0 Å². The highest BCUT2D eigenvalue weighted by Gasteiger charge is 2.32. The minimum atomic E-state index is -0.692. The van der Waals surface area contributed by atoms with Crippen LogP contribution in [0.5, 0.6) is 11.5 Å². The zero-order valence-electron chi connectivity index (χ0n) is 14.8. The molecule has 1 N–H and O–H groups in total. The molecule has 1 saturated heterocycles. The highest BCUT2D eigenvalue weighted by atomic mass is 32.2. The van der Waals surface area contributed by atoms with Crippen molar-refractivity contribution < 1.29 is 19.6 Å². The highest BCUT2D eigenvalue weighted by molar-refractivity contribution is 8.26. The first-order valence-corrected chi connectivity index (χ1v) is 9.94. The Bertz CT molecular complexity index is 818. The number of nitro benzene ring substituents is 1. The van der Waals surface area contributed by atoms with Crippen molar-refractivity contribution in [1.29, 1.82) is 0 Å². The molecule has 0 radical (unpaired) electrons. The van der Waals surface area contributed by atoms with Crippen LogP contribution in [-0.2, 0) is 4.79 Å². The van der Waals surface area contributed by atoms with Gasteiger partial charge in [0.15, 0.2) is 5.75 Å². The summed E-state index contributed by atoms with van der Waals surface area (Å²) in [6.45, 7) is 0.603. The number of methoxy groups -OCH3 is 1. The maximum Gasteiger partial charge on any atom is 0.315 e. The minimum Gasteiger partial charge on any atom is -0.500 e. The van der Waals surface area contributed by atoms with Gasteiger partial charge in [0, 0.05) is 12.6 Å². The average Bonchev–Trinajstić information content (AvgIpc) is 3.23. The zero-order valence-corrected chi connectivity index (χ0v) is 16.5. The fourth-order valence-corrected chi connectivity index (χ4v) is 4.76. The highest BCUT2D eigenvalue weighted by Crippen LogP contribution is 2.39. The summed E-state index contributed by atoms with van der Waals surface area (Å²) in [5, 5.41) is 21.0. The number of aromatic hydroxyl groups is 1. The number of thioether (sulfide) groups is 1. The number of hydrogen-bond donors (Lipinski definition) is 1. The molecule has 2 fully saturated rings. The number of phenols is 1. The first-order chi connectivity index (χ1) is 12.9. The number of amides is 1. The van der Waals surface area contributed by atoms with Gasteiger partial charge in [0.2, 0.25) is 5.75 Å². The minimum absolute atomic E-state index is 0.0211. The lowest BCUT2D eigenvalue weighted by molar-refractivity contribution is -0.386. The van der Waals surface area contributed by atoms with Gasteiger partial charge in [0.1, 0.15) is 4.32 Å². The first-order valence-electron chi connectivity index (χ1n) is 8.71. The van der Waals surface area contributed by atoms with E-state index < -0.39 is 16.4 Å². The molecule has 2 aliphatic rings. The van der Waals surface area contributed by atoms with Gasteiger partial charge in [-0.25, -0.2) is 0 Å².